The van der Waals surface area contributed by atoms with E-state index in [2.05, 4.69) is 18.2 Å². The predicted molar refractivity (Wildman–Crippen MR) is 130 cm³/mol. The lowest BCUT2D eigenvalue weighted by Crippen LogP contribution is -2.30. The van der Waals surface area contributed by atoms with Gasteiger partial charge in [-0.1, -0.05) is 36.4 Å². The second kappa shape index (κ2) is 7.48. The van der Waals surface area contributed by atoms with Crippen LogP contribution in [0.1, 0.15) is 29.3 Å². The molecular weight excluding hydrogens is 414 g/mol. The van der Waals surface area contributed by atoms with Crippen molar-refractivity contribution in [2.75, 3.05) is 11.9 Å². The van der Waals surface area contributed by atoms with E-state index in [0.717, 1.165) is 27.2 Å². The Labute approximate surface area is 191 Å². The van der Waals surface area contributed by atoms with E-state index in [1.54, 1.807) is 31.2 Å². The normalized spacial score (nSPS) is 18.7. The van der Waals surface area contributed by atoms with Gasteiger partial charge in [0.15, 0.2) is 5.78 Å². The molecule has 1 aliphatic rings. The van der Waals surface area contributed by atoms with E-state index in [1.165, 1.54) is 6.08 Å². The number of rotatable bonds is 4. The molecule has 0 aliphatic carbocycles. The van der Waals surface area contributed by atoms with Crippen LogP contribution in [0.3, 0.4) is 0 Å². The molecule has 4 aromatic carbocycles. The number of fused-ring (bicyclic) bond motifs is 3. The summed E-state index contributed by atoms with van der Waals surface area (Å²) in [5.74, 6) is -1.10. The van der Waals surface area contributed by atoms with Crippen molar-refractivity contribution in [3.63, 3.8) is 0 Å². The van der Waals surface area contributed by atoms with Crippen molar-refractivity contribution in [3.8, 4) is 5.75 Å². The molecule has 0 fully saturated rings. The maximum absolute atomic E-state index is 13.3. The van der Waals surface area contributed by atoms with Crippen LogP contribution < -0.4 is 4.90 Å². The van der Waals surface area contributed by atoms with Crippen LogP contribution in [-0.4, -0.2) is 29.0 Å². The third-order valence-corrected chi connectivity index (χ3v) is 6.62. The van der Waals surface area contributed by atoms with Crippen molar-refractivity contribution < 1.29 is 19.8 Å². The van der Waals surface area contributed by atoms with Crippen molar-refractivity contribution in [3.05, 3.63) is 95.7 Å². The standard InChI is InChI=1S/C28H23NO4/c1-28(16-27(32)33)23-14-22(30)9-10-24(23)29(2)26(28)15-25(31)20-8-7-19-11-17-5-3-4-6-18(17)12-21(19)13-20/h3-15,30H,16H2,1-2H3,(H,32,33). The third kappa shape index (κ3) is 3.42. The summed E-state index contributed by atoms with van der Waals surface area (Å²) in [6.45, 7) is 1.80. The summed E-state index contributed by atoms with van der Waals surface area (Å²) >= 11 is 0. The summed E-state index contributed by atoms with van der Waals surface area (Å²) in [6, 6.07) is 22.8. The molecule has 0 amide bonds. The number of nitrogens with zero attached hydrogens (tertiary/aromatic N) is 1. The zero-order valence-corrected chi connectivity index (χ0v) is 18.4. The summed E-state index contributed by atoms with van der Waals surface area (Å²) in [4.78, 5) is 26.9. The Hall–Kier alpha value is -4.12. The highest BCUT2D eigenvalue weighted by Gasteiger charge is 2.44. The first-order valence-electron chi connectivity index (χ1n) is 10.7. The second-order valence-electron chi connectivity index (χ2n) is 8.82. The molecule has 0 spiro atoms. The maximum Gasteiger partial charge on any atom is 0.304 e. The zero-order chi connectivity index (χ0) is 23.3. The van der Waals surface area contributed by atoms with Gasteiger partial charge in [0, 0.05) is 35.5 Å². The van der Waals surface area contributed by atoms with E-state index < -0.39 is 11.4 Å². The Kier molecular flexibility index (Phi) is 4.71. The minimum Gasteiger partial charge on any atom is -0.508 e. The monoisotopic (exact) mass is 437 g/mol. The first kappa shape index (κ1) is 20.8. The molecule has 0 saturated carbocycles. The van der Waals surface area contributed by atoms with Gasteiger partial charge in [-0.2, -0.15) is 0 Å². The SMILES string of the molecule is CN1C(=CC(=O)c2ccc3cc4ccccc4cc3c2)C(C)(CC(=O)O)c2cc(O)ccc21. The fourth-order valence-electron chi connectivity index (χ4n) is 4.94. The lowest BCUT2D eigenvalue weighted by Gasteiger charge is -2.27. The van der Waals surface area contributed by atoms with Gasteiger partial charge in [0.2, 0.25) is 0 Å². The van der Waals surface area contributed by atoms with Crippen molar-refractivity contribution >= 4 is 39.0 Å². The van der Waals surface area contributed by atoms with E-state index in [0.29, 0.717) is 16.8 Å². The van der Waals surface area contributed by atoms with Crippen LogP contribution in [-0.2, 0) is 10.2 Å². The lowest BCUT2D eigenvalue weighted by atomic mass is 9.78. The molecule has 2 N–H and O–H groups in total. The number of hydrogen-bond donors (Lipinski definition) is 2. The quantitative estimate of drug-likeness (QED) is 0.245. The lowest BCUT2D eigenvalue weighted by molar-refractivity contribution is -0.138. The van der Waals surface area contributed by atoms with Crippen LogP contribution in [0.4, 0.5) is 5.69 Å². The van der Waals surface area contributed by atoms with Crippen molar-refractivity contribution in [2.45, 2.75) is 18.8 Å². The Morgan fingerprint density at radius 3 is 2.27 bits per heavy atom. The number of carbonyl (C=O) groups excluding carboxylic acids is 1. The highest BCUT2D eigenvalue weighted by molar-refractivity contribution is 6.09. The minimum atomic E-state index is -0.974. The molecule has 0 saturated heterocycles. The highest BCUT2D eigenvalue weighted by Crippen LogP contribution is 2.50. The number of carbonyl (C=O) groups is 2. The smallest absolute Gasteiger partial charge is 0.304 e. The number of ketones is 1. The van der Waals surface area contributed by atoms with Crippen LogP contribution >= 0.6 is 0 Å². The fourth-order valence-corrected chi connectivity index (χ4v) is 4.94. The van der Waals surface area contributed by atoms with Crippen LogP contribution in [0.2, 0.25) is 0 Å². The first-order chi connectivity index (χ1) is 15.8. The molecule has 5 heteroatoms. The van der Waals surface area contributed by atoms with Gasteiger partial charge in [0.05, 0.1) is 6.42 Å². The maximum atomic E-state index is 13.3. The van der Waals surface area contributed by atoms with E-state index in [1.807, 2.05) is 42.3 Å². The minimum absolute atomic E-state index is 0.0631. The molecule has 5 rings (SSSR count). The topological polar surface area (TPSA) is 77.8 Å². The van der Waals surface area contributed by atoms with Gasteiger partial charge in [-0.3, -0.25) is 9.59 Å². The number of carboxylic acid groups (broad SMARTS) is 1. The Bertz CT molecular complexity index is 1490. The van der Waals surface area contributed by atoms with Gasteiger partial charge in [-0.25, -0.2) is 0 Å². The van der Waals surface area contributed by atoms with Gasteiger partial charge in [0.1, 0.15) is 5.75 Å². The molecular formula is C28H23NO4. The highest BCUT2D eigenvalue weighted by atomic mass is 16.4. The summed E-state index contributed by atoms with van der Waals surface area (Å²) < 4.78 is 0. The summed E-state index contributed by atoms with van der Waals surface area (Å²) in [5, 5.41) is 23.9. The van der Waals surface area contributed by atoms with E-state index in [9.17, 15) is 19.8 Å². The number of aliphatic carboxylic acids is 1. The number of allylic oxidation sites excluding steroid dienone is 2. The molecule has 0 radical (unpaired) electrons. The third-order valence-electron chi connectivity index (χ3n) is 6.62. The number of phenolic OH excluding ortho intramolecular Hbond substituents is 1. The number of benzene rings is 4. The average Bonchev–Trinajstić information content (AvgIpc) is 2.97. The van der Waals surface area contributed by atoms with E-state index >= 15 is 0 Å². The zero-order valence-electron chi connectivity index (χ0n) is 18.4. The van der Waals surface area contributed by atoms with E-state index in [4.69, 9.17) is 0 Å². The first-order valence-corrected chi connectivity index (χ1v) is 10.7. The number of likely N-dealkylation sites (N-methyl/N-ethyl adjacent to an activating group) is 1. The number of phenols is 1. The summed E-state index contributed by atoms with van der Waals surface area (Å²) in [7, 11) is 1.81. The predicted octanol–water partition coefficient (Wildman–Crippen LogP) is 5.65. The number of carboxylic acids is 1. The molecule has 0 aromatic heterocycles. The van der Waals surface area contributed by atoms with Crippen LogP contribution in [0.25, 0.3) is 21.5 Å². The molecule has 4 aromatic rings. The molecule has 164 valence electrons. The molecule has 1 heterocycles. The molecule has 1 aliphatic heterocycles. The average molecular weight is 437 g/mol. The number of anilines is 1. The Morgan fingerprint density at radius 2 is 1.58 bits per heavy atom. The fraction of sp³-hybridized carbons (Fsp3) is 0.143. The summed E-state index contributed by atoms with van der Waals surface area (Å²) in [5.41, 5.74) is 1.65. The van der Waals surface area contributed by atoms with Crippen LogP contribution in [0, 0.1) is 0 Å². The number of hydrogen-bond acceptors (Lipinski definition) is 4. The number of aromatic hydroxyl groups is 1. The largest absolute Gasteiger partial charge is 0.508 e. The molecule has 0 bridgehead atoms. The van der Waals surface area contributed by atoms with Gasteiger partial charge >= 0.3 is 5.97 Å². The van der Waals surface area contributed by atoms with Crippen molar-refractivity contribution in [2.24, 2.45) is 0 Å². The Morgan fingerprint density at radius 1 is 0.909 bits per heavy atom. The van der Waals surface area contributed by atoms with Gasteiger partial charge in [0.25, 0.3) is 0 Å². The van der Waals surface area contributed by atoms with Gasteiger partial charge < -0.3 is 15.1 Å². The molecule has 1 atom stereocenters. The molecule has 1 unspecified atom stereocenters. The second-order valence-corrected chi connectivity index (χ2v) is 8.82. The van der Waals surface area contributed by atoms with Gasteiger partial charge in [-0.15, -0.1) is 0 Å². The van der Waals surface area contributed by atoms with Gasteiger partial charge in [-0.05, 0) is 70.4 Å². The van der Waals surface area contributed by atoms with Crippen molar-refractivity contribution in [1.29, 1.82) is 0 Å². The molecule has 33 heavy (non-hydrogen) atoms. The molecule has 5 nitrogen and oxygen atoms in total. The van der Waals surface area contributed by atoms with Crippen LogP contribution in [0.15, 0.2) is 84.6 Å². The Balaban J connectivity index is 1.59. The van der Waals surface area contributed by atoms with E-state index in [-0.39, 0.29) is 18.0 Å². The van der Waals surface area contributed by atoms with Crippen molar-refractivity contribution in [1.82, 2.24) is 0 Å². The summed E-state index contributed by atoms with van der Waals surface area (Å²) in [6.07, 6.45) is 1.33. The van der Waals surface area contributed by atoms with Crippen LogP contribution in [0.5, 0.6) is 5.75 Å².